The first-order valence-electron chi connectivity index (χ1n) is 7.66. The van der Waals surface area contributed by atoms with Crippen LogP contribution in [0.5, 0.6) is 0 Å². The molecule has 0 bridgehead atoms. The van der Waals surface area contributed by atoms with E-state index >= 15 is 0 Å². The Morgan fingerprint density at radius 3 is 1.82 bits per heavy atom. The van der Waals surface area contributed by atoms with Crippen molar-refractivity contribution < 1.29 is 0 Å². The summed E-state index contributed by atoms with van der Waals surface area (Å²) in [6.07, 6.45) is 15.9. The fourth-order valence-electron chi connectivity index (χ4n) is 2.65. The molecule has 1 nitrogen and oxygen atoms in total. The number of likely N-dealkylation sites (tertiary alicyclic amines) is 1. The Balaban J connectivity index is 0.00000256. The van der Waals surface area contributed by atoms with Gasteiger partial charge in [0.2, 0.25) is 0 Å². The number of nitrogens with zero attached hydrogens (tertiary/aromatic N) is 1. The second kappa shape index (κ2) is 12.9. The van der Waals surface area contributed by atoms with E-state index in [1.165, 1.54) is 90.3 Å². The molecule has 0 unspecified atom stereocenters. The zero-order chi connectivity index (χ0) is 11.5. The van der Waals surface area contributed by atoms with Crippen molar-refractivity contribution in [2.45, 2.75) is 77.6 Å². The van der Waals surface area contributed by atoms with Crippen molar-refractivity contribution in [2.24, 2.45) is 0 Å². The van der Waals surface area contributed by atoms with Crippen LogP contribution in [0.15, 0.2) is 0 Å². The van der Waals surface area contributed by atoms with Crippen molar-refractivity contribution in [1.29, 1.82) is 0 Å². The average molecular weight is 306 g/mol. The van der Waals surface area contributed by atoms with Gasteiger partial charge in [-0.05, 0) is 38.9 Å². The molecule has 0 spiro atoms. The first-order chi connectivity index (χ1) is 7.93. The summed E-state index contributed by atoms with van der Waals surface area (Å²) in [5, 5.41) is 0. The highest BCUT2D eigenvalue weighted by Crippen LogP contribution is 2.12. The van der Waals surface area contributed by atoms with Crippen LogP contribution >= 0.6 is 17.0 Å². The third kappa shape index (κ3) is 10.1. The number of unbranched alkanes of at least 4 members (excludes halogenated alkanes) is 7. The molecule has 0 aromatic carbocycles. The minimum absolute atomic E-state index is 0. The van der Waals surface area contributed by atoms with Crippen molar-refractivity contribution >= 4 is 17.0 Å². The Labute approximate surface area is 119 Å². The van der Waals surface area contributed by atoms with Crippen LogP contribution in [-0.2, 0) is 0 Å². The third-order valence-electron chi connectivity index (χ3n) is 3.78. The van der Waals surface area contributed by atoms with Gasteiger partial charge >= 0.3 is 0 Å². The molecule has 1 heterocycles. The molecule has 1 saturated heterocycles. The first kappa shape index (κ1) is 17.4. The number of halogens is 1. The topological polar surface area (TPSA) is 3.24 Å². The van der Waals surface area contributed by atoms with Crippen LogP contribution < -0.4 is 0 Å². The van der Waals surface area contributed by atoms with Crippen LogP contribution in [0.1, 0.15) is 77.6 Å². The molecular weight excluding hydrogens is 274 g/mol. The zero-order valence-electron chi connectivity index (χ0n) is 11.8. The lowest BCUT2D eigenvalue weighted by Crippen LogP contribution is -2.30. The van der Waals surface area contributed by atoms with Crippen molar-refractivity contribution in [3.05, 3.63) is 0 Å². The summed E-state index contributed by atoms with van der Waals surface area (Å²) in [6, 6.07) is 0. The SMILES string of the molecule is Br.CCCCCCCCCCN1CCCCC1. The highest BCUT2D eigenvalue weighted by Gasteiger charge is 2.08. The minimum atomic E-state index is 0. The molecule has 17 heavy (non-hydrogen) atoms. The molecule has 0 aromatic rings. The molecule has 1 aliphatic heterocycles. The van der Waals surface area contributed by atoms with Gasteiger partial charge in [-0.2, -0.15) is 0 Å². The van der Waals surface area contributed by atoms with E-state index in [1.54, 1.807) is 0 Å². The van der Waals surface area contributed by atoms with Gasteiger partial charge in [-0.15, -0.1) is 17.0 Å². The van der Waals surface area contributed by atoms with Gasteiger partial charge in [-0.25, -0.2) is 0 Å². The molecule has 104 valence electrons. The van der Waals surface area contributed by atoms with Gasteiger partial charge in [-0.1, -0.05) is 58.3 Å². The largest absolute Gasteiger partial charge is 0.303 e. The fraction of sp³-hybridized carbons (Fsp3) is 1.00. The van der Waals surface area contributed by atoms with Crippen LogP contribution in [0, 0.1) is 0 Å². The van der Waals surface area contributed by atoms with Crippen molar-refractivity contribution in [3.63, 3.8) is 0 Å². The summed E-state index contributed by atoms with van der Waals surface area (Å²) in [7, 11) is 0. The highest BCUT2D eigenvalue weighted by molar-refractivity contribution is 8.93. The van der Waals surface area contributed by atoms with E-state index in [1.807, 2.05) is 0 Å². The predicted octanol–water partition coefficient (Wildman–Crippen LogP) is 5.19. The lowest BCUT2D eigenvalue weighted by molar-refractivity contribution is 0.224. The van der Waals surface area contributed by atoms with Crippen LogP contribution in [0.25, 0.3) is 0 Å². The maximum Gasteiger partial charge on any atom is -0.00187 e. The van der Waals surface area contributed by atoms with E-state index in [-0.39, 0.29) is 17.0 Å². The summed E-state index contributed by atoms with van der Waals surface area (Å²) >= 11 is 0. The second-order valence-electron chi connectivity index (χ2n) is 5.38. The predicted molar refractivity (Wildman–Crippen MR) is 83.2 cm³/mol. The van der Waals surface area contributed by atoms with Crippen molar-refractivity contribution in [2.75, 3.05) is 19.6 Å². The molecule has 0 saturated carbocycles. The summed E-state index contributed by atoms with van der Waals surface area (Å²) in [5.41, 5.74) is 0. The lowest BCUT2D eigenvalue weighted by atomic mass is 10.1. The molecule has 0 radical (unpaired) electrons. The van der Waals surface area contributed by atoms with Crippen LogP contribution in [0.2, 0.25) is 0 Å². The van der Waals surface area contributed by atoms with E-state index in [4.69, 9.17) is 0 Å². The summed E-state index contributed by atoms with van der Waals surface area (Å²) in [5.74, 6) is 0. The first-order valence-corrected chi connectivity index (χ1v) is 7.66. The van der Waals surface area contributed by atoms with E-state index < -0.39 is 0 Å². The molecule has 0 aromatic heterocycles. The van der Waals surface area contributed by atoms with Gasteiger partial charge in [0.05, 0.1) is 0 Å². The Hall–Kier alpha value is 0.440. The van der Waals surface area contributed by atoms with Gasteiger partial charge in [-0.3, -0.25) is 0 Å². The molecule has 0 N–H and O–H groups in total. The van der Waals surface area contributed by atoms with Gasteiger partial charge in [0.1, 0.15) is 0 Å². The van der Waals surface area contributed by atoms with Crippen molar-refractivity contribution in [3.8, 4) is 0 Å². The number of piperidine rings is 1. The van der Waals surface area contributed by atoms with Gasteiger partial charge < -0.3 is 4.90 Å². The Kier molecular flexibility index (Phi) is 13.2. The molecule has 1 aliphatic rings. The van der Waals surface area contributed by atoms with Gasteiger partial charge in [0.15, 0.2) is 0 Å². The molecule has 1 rings (SSSR count). The van der Waals surface area contributed by atoms with Crippen LogP contribution in [0.4, 0.5) is 0 Å². The second-order valence-corrected chi connectivity index (χ2v) is 5.38. The molecule has 0 atom stereocenters. The quantitative estimate of drug-likeness (QED) is 0.530. The smallest absolute Gasteiger partial charge is 0.00187 e. The Bertz CT molecular complexity index is 144. The van der Waals surface area contributed by atoms with E-state index in [0.717, 1.165) is 0 Å². The minimum Gasteiger partial charge on any atom is -0.303 e. The van der Waals surface area contributed by atoms with E-state index in [9.17, 15) is 0 Å². The lowest BCUT2D eigenvalue weighted by Gasteiger charge is -2.26. The number of hydrogen-bond acceptors (Lipinski definition) is 1. The maximum absolute atomic E-state index is 2.67. The van der Waals surface area contributed by atoms with Gasteiger partial charge in [0.25, 0.3) is 0 Å². The number of rotatable bonds is 9. The molecule has 2 heteroatoms. The molecule has 0 aliphatic carbocycles. The summed E-state index contributed by atoms with van der Waals surface area (Å²) in [4.78, 5) is 2.67. The maximum atomic E-state index is 2.67. The van der Waals surface area contributed by atoms with E-state index in [0.29, 0.717) is 0 Å². The van der Waals surface area contributed by atoms with Crippen LogP contribution in [-0.4, -0.2) is 24.5 Å². The zero-order valence-corrected chi connectivity index (χ0v) is 13.5. The Morgan fingerprint density at radius 2 is 1.24 bits per heavy atom. The number of hydrogen-bond donors (Lipinski definition) is 0. The van der Waals surface area contributed by atoms with Crippen molar-refractivity contribution in [1.82, 2.24) is 4.90 Å². The standard InChI is InChI=1S/C15H31N.BrH/c1-2-3-4-5-6-7-8-10-13-16-14-11-9-12-15-16;/h2-15H2,1H3;1H. The highest BCUT2D eigenvalue weighted by atomic mass is 79.9. The fourth-order valence-corrected chi connectivity index (χ4v) is 2.65. The van der Waals surface area contributed by atoms with Gasteiger partial charge in [0, 0.05) is 0 Å². The third-order valence-corrected chi connectivity index (χ3v) is 3.78. The average Bonchev–Trinajstić information content (AvgIpc) is 2.34. The van der Waals surface area contributed by atoms with E-state index in [2.05, 4.69) is 11.8 Å². The van der Waals surface area contributed by atoms with Crippen LogP contribution in [0.3, 0.4) is 0 Å². The Morgan fingerprint density at radius 1 is 0.706 bits per heavy atom. The summed E-state index contributed by atoms with van der Waals surface area (Å²) in [6.45, 7) is 6.40. The molecule has 1 fully saturated rings. The molecular formula is C15H32BrN. The normalized spacial score (nSPS) is 16.8. The monoisotopic (exact) mass is 305 g/mol. The summed E-state index contributed by atoms with van der Waals surface area (Å²) < 4.78 is 0. The molecule has 0 amide bonds.